The monoisotopic (exact) mass is 374 g/mol. The minimum absolute atomic E-state index is 0.0752. The molecule has 0 bridgehead atoms. The van der Waals surface area contributed by atoms with Crippen LogP contribution in [0.4, 0.5) is 11.4 Å². The number of carbonyl (C=O) groups excluding carboxylic acids is 1. The van der Waals surface area contributed by atoms with Gasteiger partial charge in [-0.25, -0.2) is 9.59 Å². The van der Waals surface area contributed by atoms with Crippen LogP contribution in [0.25, 0.3) is 0 Å². The molecule has 1 aromatic carbocycles. The van der Waals surface area contributed by atoms with E-state index in [4.69, 9.17) is 9.84 Å². The lowest BCUT2D eigenvalue weighted by molar-refractivity contribution is -0.384. The number of nitro groups is 1. The van der Waals surface area contributed by atoms with Crippen molar-refractivity contribution in [3.8, 4) is 0 Å². The molecule has 2 N–H and O–H groups in total. The second-order valence-corrected chi connectivity index (χ2v) is 5.71. The van der Waals surface area contributed by atoms with Gasteiger partial charge in [0.1, 0.15) is 11.2 Å². The average Bonchev–Trinajstić information content (AvgIpc) is 2.39. The van der Waals surface area contributed by atoms with Crippen LogP contribution in [0.3, 0.4) is 0 Å². The number of halogens is 1. The molecule has 0 aliphatic heterocycles. The number of anilines is 1. The fourth-order valence-corrected chi connectivity index (χ4v) is 2.25. The number of benzene rings is 1. The van der Waals surface area contributed by atoms with Crippen molar-refractivity contribution in [1.82, 2.24) is 0 Å². The second kappa shape index (κ2) is 6.73. The van der Waals surface area contributed by atoms with Gasteiger partial charge in [0.05, 0.1) is 11.5 Å². The third kappa shape index (κ3) is 3.73. The van der Waals surface area contributed by atoms with Crippen LogP contribution in [0.5, 0.6) is 0 Å². The zero-order valence-corrected chi connectivity index (χ0v) is 13.8. The van der Waals surface area contributed by atoms with Gasteiger partial charge in [-0.2, -0.15) is 0 Å². The van der Waals surface area contributed by atoms with Crippen molar-refractivity contribution < 1.29 is 24.4 Å². The Hall–Kier alpha value is -2.16. The molecule has 0 amide bonds. The number of aromatic carboxylic acids is 1. The highest BCUT2D eigenvalue weighted by atomic mass is 79.9. The van der Waals surface area contributed by atoms with Gasteiger partial charge in [-0.15, -0.1) is 0 Å². The third-order valence-corrected chi connectivity index (χ3v) is 3.42. The molecular weight excluding hydrogens is 360 g/mol. The van der Waals surface area contributed by atoms with Crippen molar-refractivity contribution in [2.45, 2.75) is 26.3 Å². The summed E-state index contributed by atoms with van der Waals surface area (Å²) in [7, 11) is 0. The molecule has 0 heterocycles. The lowest BCUT2D eigenvalue weighted by Crippen LogP contribution is -2.41. The maximum Gasteiger partial charge on any atom is 0.343 e. The van der Waals surface area contributed by atoms with Crippen LogP contribution in [0.2, 0.25) is 0 Å². The van der Waals surface area contributed by atoms with Crippen LogP contribution in [0, 0.1) is 10.1 Å². The Labute approximate surface area is 134 Å². The summed E-state index contributed by atoms with van der Waals surface area (Å²) in [6.45, 7) is 4.76. The van der Waals surface area contributed by atoms with Crippen molar-refractivity contribution in [2.24, 2.45) is 0 Å². The summed E-state index contributed by atoms with van der Waals surface area (Å²) in [5.41, 5.74) is -2.46. The minimum atomic E-state index is -1.45. The Morgan fingerprint density at radius 1 is 1.45 bits per heavy atom. The normalized spacial score (nSPS) is 10.9. The number of nitrogens with zero attached hydrogens (tertiary/aromatic N) is 1. The van der Waals surface area contributed by atoms with Gasteiger partial charge in [-0.05, 0) is 48.8 Å². The number of hydrogen-bond acceptors (Lipinski definition) is 6. The topological polar surface area (TPSA) is 119 Å². The van der Waals surface area contributed by atoms with E-state index >= 15 is 0 Å². The van der Waals surface area contributed by atoms with E-state index in [9.17, 15) is 19.7 Å². The van der Waals surface area contributed by atoms with Gasteiger partial charge in [0, 0.05) is 4.47 Å². The van der Waals surface area contributed by atoms with Gasteiger partial charge >= 0.3 is 17.6 Å². The second-order valence-electron chi connectivity index (χ2n) is 4.85. The Kier molecular flexibility index (Phi) is 5.48. The predicted molar refractivity (Wildman–Crippen MR) is 82.1 cm³/mol. The van der Waals surface area contributed by atoms with E-state index in [1.807, 2.05) is 0 Å². The molecule has 0 saturated heterocycles. The first kappa shape index (κ1) is 17.9. The number of nitrogens with one attached hydrogen (secondary N) is 1. The van der Waals surface area contributed by atoms with Gasteiger partial charge in [0.25, 0.3) is 0 Å². The van der Waals surface area contributed by atoms with Crippen LogP contribution in [-0.2, 0) is 9.53 Å². The molecule has 0 unspecified atom stereocenters. The third-order valence-electron chi connectivity index (χ3n) is 2.76. The molecule has 9 heteroatoms. The zero-order valence-electron chi connectivity index (χ0n) is 12.2. The van der Waals surface area contributed by atoms with Crippen molar-refractivity contribution in [2.75, 3.05) is 11.9 Å². The fraction of sp³-hybridized carbons (Fsp3) is 0.385. The van der Waals surface area contributed by atoms with E-state index in [2.05, 4.69) is 21.2 Å². The van der Waals surface area contributed by atoms with E-state index < -0.39 is 33.7 Å². The molecule has 1 rings (SSSR count). The molecule has 0 radical (unpaired) electrons. The van der Waals surface area contributed by atoms with Gasteiger partial charge < -0.3 is 15.2 Å². The number of carboxylic acids is 1. The minimum Gasteiger partial charge on any atom is -0.477 e. The smallest absolute Gasteiger partial charge is 0.343 e. The molecular formula is C13H15BrN2O6. The standard InChI is InChI=1S/C13H15BrN2O6/c1-4-22-12(19)13(2,3)15-8-6-5-7(14)9(11(17)18)10(8)16(20)21/h5-6,15H,4H2,1-3H3,(H,17,18). The van der Waals surface area contributed by atoms with Crippen LogP contribution in [-0.4, -0.2) is 34.1 Å². The number of carbonyl (C=O) groups is 2. The first-order chi connectivity index (χ1) is 10.1. The molecule has 22 heavy (non-hydrogen) atoms. The largest absolute Gasteiger partial charge is 0.477 e. The number of hydrogen-bond donors (Lipinski definition) is 2. The molecule has 0 fully saturated rings. The van der Waals surface area contributed by atoms with Crippen LogP contribution >= 0.6 is 15.9 Å². The van der Waals surface area contributed by atoms with Gasteiger partial charge in [0.15, 0.2) is 5.56 Å². The number of ether oxygens (including phenoxy) is 1. The lowest BCUT2D eigenvalue weighted by Gasteiger charge is -2.25. The molecule has 0 aliphatic rings. The SMILES string of the molecule is CCOC(=O)C(C)(C)Nc1ccc(Br)c(C(=O)O)c1[N+](=O)[O-]. The molecule has 0 saturated carbocycles. The lowest BCUT2D eigenvalue weighted by atomic mass is 10.0. The van der Waals surface area contributed by atoms with E-state index in [0.717, 1.165) is 0 Å². The quantitative estimate of drug-likeness (QED) is 0.446. The molecule has 1 aromatic rings. The van der Waals surface area contributed by atoms with Gasteiger partial charge in [-0.1, -0.05) is 0 Å². The molecule has 0 atom stereocenters. The number of nitro benzene ring substituents is 1. The number of rotatable bonds is 6. The summed E-state index contributed by atoms with van der Waals surface area (Å²) < 4.78 is 4.96. The highest BCUT2D eigenvalue weighted by molar-refractivity contribution is 9.10. The van der Waals surface area contributed by atoms with Crippen LogP contribution in [0.1, 0.15) is 31.1 Å². The maximum absolute atomic E-state index is 11.9. The summed E-state index contributed by atoms with van der Waals surface area (Å²) in [4.78, 5) is 33.5. The molecule has 8 nitrogen and oxygen atoms in total. The van der Waals surface area contributed by atoms with Crippen LogP contribution in [0.15, 0.2) is 16.6 Å². The van der Waals surface area contributed by atoms with Crippen molar-refractivity contribution >= 4 is 39.2 Å². The summed E-state index contributed by atoms with van der Waals surface area (Å²) in [6, 6.07) is 2.69. The number of esters is 1. The highest BCUT2D eigenvalue weighted by Gasteiger charge is 2.34. The zero-order chi connectivity index (χ0) is 17.1. The molecule has 0 aromatic heterocycles. The van der Waals surface area contributed by atoms with Crippen molar-refractivity contribution in [3.05, 3.63) is 32.3 Å². The Balaban J connectivity index is 3.37. The summed E-state index contributed by atoms with van der Waals surface area (Å²) in [6.07, 6.45) is 0. The Bertz CT molecular complexity index is 629. The predicted octanol–water partition coefficient (Wildman–Crippen LogP) is 2.81. The van der Waals surface area contributed by atoms with Crippen molar-refractivity contribution in [3.63, 3.8) is 0 Å². The van der Waals surface area contributed by atoms with E-state index in [-0.39, 0.29) is 16.8 Å². The van der Waals surface area contributed by atoms with E-state index in [1.54, 1.807) is 6.92 Å². The average molecular weight is 375 g/mol. The molecule has 0 spiro atoms. The van der Waals surface area contributed by atoms with Crippen molar-refractivity contribution in [1.29, 1.82) is 0 Å². The fourth-order valence-electron chi connectivity index (χ4n) is 1.76. The first-order valence-corrected chi connectivity index (χ1v) is 7.06. The van der Waals surface area contributed by atoms with Gasteiger partial charge in [0.2, 0.25) is 0 Å². The summed E-state index contributed by atoms with van der Waals surface area (Å²) in [5, 5.41) is 23.1. The molecule has 120 valence electrons. The Morgan fingerprint density at radius 2 is 2.05 bits per heavy atom. The summed E-state index contributed by atoms with van der Waals surface area (Å²) in [5.74, 6) is -2.06. The van der Waals surface area contributed by atoms with Gasteiger partial charge in [-0.3, -0.25) is 10.1 Å². The van der Waals surface area contributed by atoms with E-state index in [0.29, 0.717) is 0 Å². The Morgan fingerprint density at radius 3 is 2.50 bits per heavy atom. The molecule has 0 aliphatic carbocycles. The van der Waals surface area contributed by atoms with Crippen LogP contribution < -0.4 is 5.32 Å². The number of carboxylic acid groups (broad SMARTS) is 1. The van der Waals surface area contributed by atoms with E-state index in [1.165, 1.54) is 26.0 Å². The highest BCUT2D eigenvalue weighted by Crippen LogP contribution is 2.35. The maximum atomic E-state index is 11.9. The summed E-state index contributed by atoms with van der Waals surface area (Å²) >= 11 is 2.98. The first-order valence-electron chi connectivity index (χ1n) is 6.27.